The molecule has 1 aromatic heterocycles. The molecular weight excluding hydrogens is 536 g/mol. The number of rotatable bonds is 3. The quantitative estimate of drug-likeness (QED) is 0.363. The van der Waals surface area contributed by atoms with Crippen LogP contribution < -0.4 is 9.46 Å². The van der Waals surface area contributed by atoms with Gasteiger partial charge in [0.05, 0.1) is 17.1 Å². The fourth-order valence-electron chi connectivity index (χ4n) is 5.51. The molecule has 0 saturated carbocycles. The molecule has 3 aromatic carbocycles. The van der Waals surface area contributed by atoms with E-state index in [2.05, 4.69) is 31.7 Å². The number of hydrogen-bond acceptors (Lipinski definition) is 7. The lowest BCUT2D eigenvalue weighted by Gasteiger charge is -2.25. The van der Waals surface area contributed by atoms with Crippen LogP contribution in [0.5, 0.6) is 5.88 Å². The maximum atomic E-state index is 13.7. The first kappa shape index (κ1) is 26.9. The van der Waals surface area contributed by atoms with Crippen molar-refractivity contribution in [3.63, 3.8) is 0 Å². The number of nitrogens with zero attached hydrogens (tertiary/aromatic N) is 4. The van der Waals surface area contributed by atoms with Crippen LogP contribution in [0.2, 0.25) is 0 Å². The second-order valence-electron chi connectivity index (χ2n) is 10.6. The molecule has 210 valence electrons. The molecule has 0 radical (unpaired) electrons. The van der Waals surface area contributed by atoms with Gasteiger partial charge >= 0.3 is 0 Å². The number of fused-ring (bicyclic) bond motifs is 6. The Bertz CT molecular complexity index is 1690. The van der Waals surface area contributed by atoms with Crippen molar-refractivity contribution < 1.29 is 13.7 Å². The molecular formula is C31H32N6O3S. The first-order valence-corrected chi connectivity index (χ1v) is 15.2. The van der Waals surface area contributed by atoms with E-state index in [4.69, 9.17) is 9.52 Å². The molecule has 2 aliphatic heterocycles. The third kappa shape index (κ3) is 5.79. The highest BCUT2D eigenvalue weighted by atomic mass is 32.2. The maximum absolute atomic E-state index is 13.7. The molecule has 9 nitrogen and oxygen atoms in total. The predicted molar refractivity (Wildman–Crippen MR) is 158 cm³/mol. The summed E-state index contributed by atoms with van der Waals surface area (Å²) in [5, 5.41) is 0. The van der Waals surface area contributed by atoms with E-state index < -0.39 is 9.92 Å². The molecule has 6 bridgehead atoms. The number of benzene rings is 3. The number of carbonyl (C=O) groups excluding carboxylic acids is 1. The zero-order valence-corrected chi connectivity index (χ0v) is 23.9. The van der Waals surface area contributed by atoms with Crippen molar-refractivity contribution >= 4 is 21.8 Å². The Labute approximate surface area is 240 Å². The summed E-state index contributed by atoms with van der Waals surface area (Å²) < 4.78 is 31.6. The molecule has 41 heavy (non-hydrogen) atoms. The Hall–Kier alpha value is -4.28. The smallest absolute Gasteiger partial charge is 0.254 e. The summed E-state index contributed by atoms with van der Waals surface area (Å²) in [6.07, 6.45) is -0.386. The molecule has 1 saturated heterocycles. The number of amides is 1. The van der Waals surface area contributed by atoms with E-state index in [1.807, 2.05) is 50.2 Å². The van der Waals surface area contributed by atoms with E-state index >= 15 is 0 Å². The van der Waals surface area contributed by atoms with E-state index in [9.17, 15) is 9.00 Å². The van der Waals surface area contributed by atoms with Gasteiger partial charge in [0.25, 0.3) is 5.91 Å². The van der Waals surface area contributed by atoms with Gasteiger partial charge in [-0.15, -0.1) is 0 Å². The molecule has 2 unspecified atom stereocenters. The van der Waals surface area contributed by atoms with Crippen LogP contribution in [0.25, 0.3) is 11.3 Å². The third-order valence-corrected chi connectivity index (χ3v) is 8.87. The average molecular weight is 569 g/mol. The van der Waals surface area contributed by atoms with Gasteiger partial charge in [-0.25, -0.2) is 14.0 Å². The molecule has 10 heteroatoms. The maximum Gasteiger partial charge on any atom is 0.254 e. The van der Waals surface area contributed by atoms with E-state index in [-0.39, 0.29) is 22.9 Å². The Morgan fingerprint density at radius 2 is 1.71 bits per heavy atom. The summed E-state index contributed by atoms with van der Waals surface area (Å²) in [7, 11) is -3.58. The normalized spacial score (nSPS) is 21.0. The summed E-state index contributed by atoms with van der Waals surface area (Å²) in [5.41, 5.74) is 5.14. The monoisotopic (exact) mass is 568 g/mol. The number of anilines is 1. The number of nitrogens with one attached hydrogen (secondary N) is 2. The molecule has 1 amide bonds. The lowest BCUT2D eigenvalue weighted by atomic mass is 10.00. The topological polar surface area (TPSA) is 112 Å². The van der Waals surface area contributed by atoms with E-state index in [0.717, 1.165) is 23.2 Å². The van der Waals surface area contributed by atoms with E-state index in [1.54, 1.807) is 29.2 Å². The summed E-state index contributed by atoms with van der Waals surface area (Å²) in [4.78, 5) is 27.2. The summed E-state index contributed by atoms with van der Waals surface area (Å²) >= 11 is 0. The first-order chi connectivity index (χ1) is 19.7. The van der Waals surface area contributed by atoms with Crippen molar-refractivity contribution in [2.24, 2.45) is 0 Å². The van der Waals surface area contributed by atoms with Crippen molar-refractivity contribution in [2.75, 3.05) is 30.9 Å². The highest BCUT2D eigenvalue weighted by Crippen LogP contribution is 2.30. The average Bonchev–Trinajstić information content (AvgIpc) is 3.14. The van der Waals surface area contributed by atoms with Crippen LogP contribution in [0.15, 0.2) is 83.8 Å². The Kier molecular flexibility index (Phi) is 7.19. The largest absolute Gasteiger partial charge is 0.471 e. The van der Waals surface area contributed by atoms with Crippen LogP contribution in [0, 0.1) is 18.6 Å². The minimum atomic E-state index is -3.58. The summed E-state index contributed by atoms with van der Waals surface area (Å²) in [6.45, 7) is 6.86. The van der Waals surface area contributed by atoms with Crippen molar-refractivity contribution in [3.05, 3.63) is 101 Å². The zero-order chi connectivity index (χ0) is 28.6. The molecule has 0 spiro atoms. The molecule has 4 aromatic rings. The molecule has 1 fully saturated rings. The van der Waals surface area contributed by atoms with Crippen molar-refractivity contribution in [1.29, 1.82) is 4.78 Å². The number of aromatic nitrogens is 2. The van der Waals surface area contributed by atoms with Crippen molar-refractivity contribution in [3.8, 4) is 17.1 Å². The van der Waals surface area contributed by atoms with E-state index in [0.29, 0.717) is 43.3 Å². The predicted octanol–water partition coefficient (Wildman–Crippen LogP) is 4.91. The first-order valence-electron chi connectivity index (χ1n) is 13.6. The van der Waals surface area contributed by atoms with Gasteiger partial charge in [-0.3, -0.25) is 14.4 Å². The van der Waals surface area contributed by atoms with Gasteiger partial charge in [-0.1, -0.05) is 54.6 Å². The fraction of sp³-hybridized carbons (Fsp3) is 0.258. The van der Waals surface area contributed by atoms with Crippen LogP contribution in [-0.4, -0.2) is 62.2 Å². The van der Waals surface area contributed by atoms with Gasteiger partial charge in [0, 0.05) is 43.4 Å². The Morgan fingerprint density at radius 3 is 2.49 bits per heavy atom. The molecule has 2 atom stereocenters. The fourth-order valence-corrected chi connectivity index (χ4v) is 6.54. The minimum Gasteiger partial charge on any atom is -0.471 e. The number of ether oxygens (including phenoxy) is 1. The van der Waals surface area contributed by atoms with Crippen molar-refractivity contribution in [1.82, 2.24) is 19.8 Å². The standard InChI is InChI=1S/C31H32N6O3S/c1-21-8-6-9-22(2)29(21)27-17-28-34-31(33-27)35-41(32,39)26-13-7-12-24(16-26)30(38)37-15-14-36(19-25(20-37)40-28)18-23-10-4-3-5-11-23/h3-13,16-17,25H,14-15,18-20H2,1-2H3,(H2,32,33,34,35,39). The summed E-state index contributed by atoms with van der Waals surface area (Å²) in [5.74, 6) is 0.133. The lowest BCUT2D eigenvalue weighted by molar-refractivity contribution is 0.0690. The number of aryl methyl sites for hydroxylation is 2. The minimum absolute atomic E-state index is 0.0303. The Morgan fingerprint density at radius 1 is 0.951 bits per heavy atom. The lowest BCUT2D eigenvalue weighted by Crippen LogP contribution is -2.40. The van der Waals surface area contributed by atoms with Gasteiger partial charge in [-0.05, 0) is 48.7 Å². The molecule has 2 N–H and O–H groups in total. The van der Waals surface area contributed by atoms with Crippen LogP contribution in [0.3, 0.4) is 0 Å². The molecule has 0 aliphatic carbocycles. The van der Waals surface area contributed by atoms with Crippen molar-refractivity contribution in [2.45, 2.75) is 31.4 Å². The third-order valence-electron chi connectivity index (χ3n) is 7.48. The van der Waals surface area contributed by atoms with Crippen LogP contribution >= 0.6 is 0 Å². The molecule has 3 heterocycles. The zero-order valence-electron chi connectivity index (χ0n) is 23.0. The molecule has 6 rings (SSSR count). The molecule has 2 aliphatic rings. The highest BCUT2D eigenvalue weighted by molar-refractivity contribution is 7.93. The van der Waals surface area contributed by atoms with Crippen LogP contribution in [-0.2, 0) is 16.5 Å². The van der Waals surface area contributed by atoms with Gasteiger partial charge < -0.3 is 9.64 Å². The van der Waals surface area contributed by atoms with Crippen LogP contribution in [0.4, 0.5) is 5.95 Å². The van der Waals surface area contributed by atoms with E-state index in [1.165, 1.54) is 11.6 Å². The second kappa shape index (κ2) is 10.9. The number of carbonyl (C=O) groups is 1. The SMILES string of the molecule is Cc1cccc(C)c1-c1cc2nc(n1)NS(=N)(=O)c1cccc(c1)C(=O)N1CCN(Cc3ccccc3)CC(C1)O2. The van der Waals surface area contributed by atoms with Gasteiger partial charge in [0.15, 0.2) is 9.92 Å². The Balaban J connectivity index is 1.46. The second-order valence-corrected chi connectivity index (χ2v) is 12.4. The van der Waals surface area contributed by atoms with Crippen LogP contribution in [0.1, 0.15) is 27.0 Å². The van der Waals surface area contributed by atoms with Gasteiger partial charge in [0.1, 0.15) is 6.10 Å². The number of hydrogen-bond donors (Lipinski definition) is 2. The highest BCUT2D eigenvalue weighted by Gasteiger charge is 2.30. The van der Waals surface area contributed by atoms with Gasteiger partial charge in [-0.2, -0.15) is 4.98 Å². The summed E-state index contributed by atoms with van der Waals surface area (Å²) in [6, 6.07) is 24.5. The van der Waals surface area contributed by atoms with Gasteiger partial charge in [0.2, 0.25) is 11.8 Å².